The maximum absolute atomic E-state index is 14.9. The molecule has 1 atom stereocenters. The number of aromatic carboxylic acids is 1. The molecule has 3 aromatic carbocycles. The fourth-order valence-electron chi connectivity index (χ4n) is 7.65. The zero-order valence-electron chi connectivity index (χ0n) is 29.2. The first-order valence-corrected chi connectivity index (χ1v) is 17.4. The van der Waals surface area contributed by atoms with Gasteiger partial charge >= 0.3 is 5.97 Å². The highest BCUT2D eigenvalue weighted by Crippen LogP contribution is 2.45. The van der Waals surface area contributed by atoms with Gasteiger partial charge in [-0.3, -0.25) is 14.4 Å². The summed E-state index contributed by atoms with van der Waals surface area (Å²) < 4.78 is 12.2. The molecule has 0 spiro atoms. The van der Waals surface area contributed by atoms with Gasteiger partial charge in [-0.1, -0.05) is 29.3 Å². The van der Waals surface area contributed by atoms with Gasteiger partial charge in [0.25, 0.3) is 5.91 Å². The molecule has 0 radical (unpaired) electrons. The van der Waals surface area contributed by atoms with Crippen molar-refractivity contribution >= 4 is 62.7 Å². The van der Waals surface area contributed by atoms with Crippen molar-refractivity contribution in [1.82, 2.24) is 18.9 Å². The summed E-state index contributed by atoms with van der Waals surface area (Å²) in [6.45, 7) is 11.0. The number of fused-ring (bicyclic) bond motifs is 4. The number of nitrogens with zero attached hydrogens (tertiary/aromatic N) is 5. The lowest BCUT2D eigenvalue weighted by Gasteiger charge is -2.34. The molecule has 0 aliphatic carbocycles. The summed E-state index contributed by atoms with van der Waals surface area (Å²) in [7, 11) is 3.83. The van der Waals surface area contributed by atoms with Crippen molar-refractivity contribution in [1.29, 1.82) is 0 Å². The van der Waals surface area contributed by atoms with Crippen LogP contribution in [0.15, 0.2) is 48.5 Å². The highest BCUT2D eigenvalue weighted by atomic mass is 35.5. The third-order valence-corrected chi connectivity index (χ3v) is 11.0. The van der Waals surface area contributed by atoms with Crippen molar-refractivity contribution < 1.29 is 19.4 Å². The van der Waals surface area contributed by atoms with Crippen molar-refractivity contribution in [2.24, 2.45) is 14.1 Å². The zero-order valence-corrected chi connectivity index (χ0v) is 30.7. The number of benzene rings is 3. The monoisotopic (exact) mass is 711 g/mol. The molecule has 1 aliphatic heterocycles. The molecule has 0 bridgehead atoms. The Morgan fingerprint density at radius 2 is 1.72 bits per heavy atom. The number of carboxylic acid groups (broad SMARTS) is 1. The predicted molar refractivity (Wildman–Crippen MR) is 200 cm³/mol. The second-order valence-corrected chi connectivity index (χ2v) is 14.2. The Labute approximate surface area is 300 Å². The number of hydrogen-bond donors (Lipinski definition) is 1. The normalized spacial score (nSPS) is 14.6. The molecule has 1 N–H and O–H groups in total. The van der Waals surface area contributed by atoms with Crippen molar-refractivity contribution in [3.05, 3.63) is 97.9 Å². The topological polar surface area (TPSA) is 94.5 Å². The van der Waals surface area contributed by atoms with E-state index in [-0.39, 0.29) is 17.5 Å². The molecule has 3 aromatic heterocycles. The Morgan fingerprint density at radius 1 is 1.00 bits per heavy atom. The van der Waals surface area contributed by atoms with E-state index in [2.05, 4.69) is 11.5 Å². The predicted octanol–water partition coefficient (Wildman–Crippen LogP) is 9.01. The smallest absolute Gasteiger partial charge is 0.335 e. The van der Waals surface area contributed by atoms with E-state index >= 15 is 0 Å². The van der Waals surface area contributed by atoms with Gasteiger partial charge in [0.2, 0.25) is 0 Å². The molecule has 9 nitrogen and oxygen atoms in total. The van der Waals surface area contributed by atoms with E-state index in [4.69, 9.17) is 33.0 Å². The summed E-state index contributed by atoms with van der Waals surface area (Å²) in [5.74, 6) is 0.358. The van der Waals surface area contributed by atoms with Gasteiger partial charge in [-0.15, -0.1) is 0 Å². The van der Waals surface area contributed by atoms with E-state index in [1.165, 1.54) is 0 Å². The molecule has 11 heteroatoms. The molecule has 1 amide bonds. The molecule has 258 valence electrons. The lowest BCUT2D eigenvalue weighted by atomic mass is 9.98. The number of carboxylic acids is 1. The summed E-state index contributed by atoms with van der Waals surface area (Å²) in [6.07, 6.45) is 1.27. The first kappa shape index (κ1) is 33.8. The lowest BCUT2D eigenvalue weighted by Crippen LogP contribution is -2.43. The van der Waals surface area contributed by atoms with Crippen LogP contribution in [-0.4, -0.2) is 49.0 Å². The van der Waals surface area contributed by atoms with Gasteiger partial charge in [0.05, 0.1) is 28.4 Å². The maximum atomic E-state index is 14.9. The average Bonchev–Trinajstić information content (AvgIpc) is 3.67. The fraction of sp³-hybridized carbons (Fsp3) is 0.308. The highest BCUT2D eigenvalue weighted by Gasteiger charge is 2.37. The van der Waals surface area contributed by atoms with Crippen LogP contribution in [0.2, 0.25) is 10.0 Å². The number of halogens is 2. The van der Waals surface area contributed by atoms with Gasteiger partial charge in [0.1, 0.15) is 17.3 Å². The molecular weight excluding hydrogens is 673 g/mol. The molecule has 1 aliphatic rings. The summed E-state index contributed by atoms with van der Waals surface area (Å²) in [5, 5.41) is 17.4. The quantitative estimate of drug-likeness (QED) is 0.159. The van der Waals surface area contributed by atoms with Gasteiger partial charge < -0.3 is 19.0 Å². The highest BCUT2D eigenvalue weighted by molar-refractivity contribution is 6.35. The molecular formula is C39H39Cl2N5O4. The molecule has 1 unspecified atom stereocenters. The summed E-state index contributed by atoms with van der Waals surface area (Å²) in [4.78, 5) is 28.4. The Balaban J connectivity index is 1.36. The number of anilines is 1. The molecule has 6 aromatic rings. The van der Waals surface area contributed by atoms with Gasteiger partial charge in [0, 0.05) is 64.8 Å². The second-order valence-electron chi connectivity index (χ2n) is 13.4. The number of carbonyl (C=O) groups excluding carboxylic acids is 1. The largest absolute Gasteiger partial charge is 0.494 e. The van der Waals surface area contributed by atoms with Crippen LogP contribution in [-0.2, 0) is 20.5 Å². The molecule has 50 heavy (non-hydrogen) atoms. The minimum atomic E-state index is -0.993. The van der Waals surface area contributed by atoms with Crippen LogP contribution in [0.3, 0.4) is 0 Å². The van der Waals surface area contributed by atoms with Crippen LogP contribution >= 0.6 is 23.2 Å². The van der Waals surface area contributed by atoms with Gasteiger partial charge in [-0.05, 0) is 107 Å². The summed E-state index contributed by atoms with van der Waals surface area (Å²) in [6, 6.07) is 14.7. The van der Waals surface area contributed by atoms with E-state index in [9.17, 15) is 14.7 Å². The van der Waals surface area contributed by atoms with Crippen molar-refractivity contribution in [2.45, 2.75) is 53.5 Å². The van der Waals surface area contributed by atoms with Crippen LogP contribution in [0.1, 0.15) is 68.3 Å². The van der Waals surface area contributed by atoms with Crippen molar-refractivity contribution in [3.8, 4) is 16.9 Å². The minimum Gasteiger partial charge on any atom is -0.494 e. The van der Waals surface area contributed by atoms with E-state index in [1.807, 2.05) is 86.3 Å². The van der Waals surface area contributed by atoms with E-state index < -0.39 is 5.97 Å². The molecule has 0 saturated carbocycles. The average molecular weight is 713 g/mol. The first-order chi connectivity index (χ1) is 23.8. The molecule has 7 rings (SSSR count). The standard InChI is InChI=1S/C39H39Cl2N5O4/c1-20-15-27(16-21(2)35(20)41)50-14-8-9-28-29-11-12-30(40)34(33-23(4)42-44(7)24(33)5)36(29)46-22(3)19-45(38(47)37(28)46)32-18-26-17-25(39(48)49)10-13-31(26)43(32)6/h10-13,15-18,22H,8-9,14,19H2,1-7H3,(H,48,49). The zero-order chi connectivity index (χ0) is 35.8. The summed E-state index contributed by atoms with van der Waals surface area (Å²) >= 11 is 13.5. The molecule has 0 fully saturated rings. The molecule has 4 heterocycles. The number of hydrogen-bond acceptors (Lipinski definition) is 4. The first-order valence-electron chi connectivity index (χ1n) is 16.7. The van der Waals surface area contributed by atoms with Crippen LogP contribution in [0.25, 0.3) is 32.9 Å². The van der Waals surface area contributed by atoms with E-state index in [0.29, 0.717) is 42.5 Å². The van der Waals surface area contributed by atoms with Crippen LogP contribution in [0.4, 0.5) is 5.82 Å². The number of rotatable bonds is 8. The van der Waals surface area contributed by atoms with Crippen LogP contribution < -0.4 is 9.64 Å². The van der Waals surface area contributed by atoms with E-state index in [0.717, 1.165) is 71.8 Å². The van der Waals surface area contributed by atoms with Gasteiger partial charge in [0.15, 0.2) is 0 Å². The van der Waals surface area contributed by atoms with Crippen LogP contribution in [0, 0.1) is 27.7 Å². The Hall–Kier alpha value is -4.73. The Kier molecular flexibility index (Phi) is 8.47. The van der Waals surface area contributed by atoms with Crippen molar-refractivity contribution in [3.63, 3.8) is 0 Å². The third-order valence-electron chi connectivity index (χ3n) is 10.1. The third kappa shape index (κ3) is 5.34. The maximum Gasteiger partial charge on any atom is 0.335 e. The second kappa shape index (κ2) is 12.5. The van der Waals surface area contributed by atoms with Gasteiger partial charge in [-0.25, -0.2) is 4.79 Å². The van der Waals surface area contributed by atoms with E-state index in [1.54, 1.807) is 18.2 Å². The number of aryl methyl sites for hydroxylation is 6. The van der Waals surface area contributed by atoms with Crippen molar-refractivity contribution in [2.75, 3.05) is 18.1 Å². The Morgan fingerprint density at radius 3 is 2.38 bits per heavy atom. The number of carbonyl (C=O) groups is 2. The minimum absolute atomic E-state index is 0.114. The number of aromatic nitrogens is 4. The Bertz CT molecular complexity index is 2360. The van der Waals surface area contributed by atoms with Crippen LogP contribution in [0.5, 0.6) is 5.75 Å². The molecule has 0 saturated heterocycles. The SMILES string of the molecule is Cc1cc(OCCCc2c3n(c4c(-c5c(C)nn(C)c5C)c(Cl)ccc24)C(C)CN(c2cc4cc(C(=O)O)ccc4n2C)C3=O)cc(C)c1Cl. The van der Waals surface area contributed by atoms with Gasteiger partial charge in [-0.2, -0.15) is 5.10 Å². The lowest BCUT2D eigenvalue weighted by molar-refractivity contribution is 0.0696. The number of ether oxygens (including phenoxy) is 1. The summed E-state index contributed by atoms with van der Waals surface area (Å²) in [5.41, 5.74) is 9.17. The number of amides is 1. The fourth-order valence-corrected chi connectivity index (χ4v) is 8.01.